The minimum Gasteiger partial charge on any atom is -0.324 e. The van der Waals surface area contributed by atoms with Gasteiger partial charge in [-0.25, -0.2) is 0 Å². The van der Waals surface area contributed by atoms with Gasteiger partial charge in [-0.3, -0.25) is 10.1 Å². The molecule has 1 atom stereocenters. The Kier molecular flexibility index (Phi) is 2.71. The monoisotopic (exact) mass is 320 g/mol. The van der Waals surface area contributed by atoms with Crippen LogP contribution in [-0.4, -0.2) is 11.9 Å². The van der Waals surface area contributed by atoms with Crippen molar-refractivity contribution in [2.75, 3.05) is 5.32 Å². The lowest BCUT2D eigenvalue weighted by Crippen LogP contribution is -2.39. The third-order valence-corrected chi connectivity index (χ3v) is 4.96. The Morgan fingerprint density at radius 3 is 2.53 bits per heavy atom. The van der Waals surface area contributed by atoms with Crippen molar-refractivity contribution in [2.24, 2.45) is 11.8 Å². The van der Waals surface area contributed by atoms with Gasteiger partial charge in [-0.05, 0) is 49.7 Å². The molecular weight excluding hydrogens is 304 g/mol. The number of anilines is 1. The van der Waals surface area contributed by atoms with Crippen molar-refractivity contribution in [2.45, 2.75) is 37.8 Å². The van der Waals surface area contributed by atoms with Gasteiger partial charge in [0.05, 0.1) is 0 Å². The molecule has 3 nitrogen and oxygen atoms in total. The number of halogens is 1. The fourth-order valence-corrected chi connectivity index (χ4v) is 3.52. The maximum Gasteiger partial charge on any atom is 0.246 e. The molecule has 1 aliphatic heterocycles. The van der Waals surface area contributed by atoms with Crippen molar-refractivity contribution < 1.29 is 4.79 Å². The molecule has 4 heteroatoms. The Morgan fingerprint density at radius 2 is 1.89 bits per heavy atom. The summed E-state index contributed by atoms with van der Waals surface area (Å²) in [6.45, 7) is 0. The van der Waals surface area contributed by atoms with E-state index in [-0.39, 0.29) is 11.9 Å². The van der Waals surface area contributed by atoms with Crippen LogP contribution in [0.5, 0.6) is 0 Å². The van der Waals surface area contributed by atoms with Gasteiger partial charge in [0.15, 0.2) is 0 Å². The standard InChI is InChI=1S/C15H17BrN2O/c16-10-5-6-11-12(7-10)17-15(19)14(11)18-13(8-1-2-8)9-3-4-9/h5-9,13-14,18H,1-4H2,(H,17,19). The van der Waals surface area contributed by atoms with E-state index in [4.69, 9.17) is 0 Å². The zero-order chi connectivity index (χ0) is 13.0. The van der Waals surface area contributed by atoms with Gasteiger partial charge in [-0.2, -0.15) is 0 Å². The lowest BCUT2D eigenvalue weighted by Gasteiger charge is -2.21. The number of fused-ring (bicyclic) bond motifs is 1. The molecule has 2 N–H and O–H groups in total. The van der Waals surface area contributed by atoms with Crippen LogP contribution in [0.4, 0.5) is 5.69 Å². The highest BCUT2D eigenvalue weighted by molar-refractivity contribution is 9.10. The van der Waals surface area contributed by atoms with Crippen LogP contribution in [0.3, 0.4) is 0 Å². The topological polar surface area (TPSA) is 41.1 Å². The number of carbonyl (C=O) groups excluding carboxylic acids is 1. The molecule has 2 saturated carbocycles. The molecule has 0 spiro atoms. The summed E-state index contributed by atoms with van der Waals surface area (Å²) in [4.78, 5) is 12.2. The molecule has 1 unspecified atom stereocenters. The van der Waals surface area contributed by atoms with E-state index in [0.717, 1.165) is 27.6 Å². The predicted molar refractivity (Wildman–Crippen MR) is 77.9 cm³/mol. The maximum absolute atomic E-state index is 12.2. The molecule has 1 aromatic carbocycles. The Labute approximate surface area is 121 Å². The second kappa shape index (κ2) is 4.32. The van der Waals surface area contributed by atoms with Crippen molar-refractivity contribution >= 4 is 27.5 Å². The summed E-state index contributed by atoms with van der Waals surface area (Å²) in [6.07, 6.45) is 5.32. The van der Waals surface area contributed by atoms with Gasteiger partial charge in [-0.15, -0.1) is 0 Å². The zero-order valence-corrected chi connectivity index (χ0v) is 12.2. The predicted octanol–water partition coefficient (Wildman–Crippen LogP) is 3.22. The number of hydrogen-bond donors (Lipinski definition) is 2. The third-order valence-electron chi connectivity index (χ3n) is 4.47. The lowest BCUT2D eigenvalue weighted by atomic mass is 10.0. The second-order valence-corrected chi connectivity index (χ2v) is 6.94. The first kappa shape index (κ1) is 11.9. The highest BCUT2D eigenvalue weighted by Gasteiger charge is 2.44. The fraction of sp³-hybridized carbons (Fsp3) is 0.533. The van der Waals surface area contributed by atoms with Crippen molar-refractivity contribution in [3.05, 3.63) is 28.2 Å². The average Bonchev–Trinajstić information content (AvgIpc) is 3.24. The summed E-state index contributed by atoms with van der Waals surface area (Å²) in [5.74, 6) is 1.71. The average molecular weight is 321 g/mol. The first-order chi connectivity index (χ1) is 9.22. The van der Waals surface area contributed by atoms with Crippen molar-refractivity contribution in [1.29, 1.82) is 0 Å². The van der Waals surface area contributed by atoms with Crippen LogP contribution >= 0.6 is 15.9 Å². The normalized spacial score (nSPS) is 25.6. The van der Waals surface area contributed by atoms with Gasteiger partial charge in [0.2, 0.25) is 5.91 Å². The van der Waals surface area contributed by atoms with Crippen LogP contribution in [0, 0.1) is 11.8 Å². The summed E-state index contributed by atoms with van der Waals surface area (Å²) < 4.78 is 1.01. The zero-order valence-electron chi connectivity index (χ0n) is 10.7. The molecular formula is C15H17BrN2O. The molecule has 0 aromatic heterocycles. The molecule has 2 aliphatic carbocycles. The second-order valence-electron chi connectivity index (χ2n) is 6.02. The number of nitrogens with one attached hydrogen (secondary N) is 2. The minimum atomic E-state index is -0.158. The van der Waals surface area contributed by atoms with E-state index < -0.39 is 0 Å². The lowest BCUT2D eigenvalue weighted by molar-refractivity contribution is -0.117. The summed E-state index contributed by atoms with van der Waals surface area (Å²) in [5.41, 5.74) is 2.04. The molecule has 4 rings (SSSR count). The minimum absolute atomic E-state index is 0.0967. The molecule has 0 bridgehead atoms. The van der Waals surface area contributed by atoms with Crippen LogP contribution in [-0.2, 0) is 4.79 Å². The smallest absolute Gasteiger partial charge is 0.246 e. The first-order valence-electron chi connectivity index (χ1n) is 7.09. The van der Waals surface area contributed by atoms with E-state index in [2.05, 4.69) is 26.6 Å². The summed E-state index contributed by atoms with van der Waals surface area (Å²) in [7, 11) is 0. The third kappa shape index (κ3) is 2.21. The maximum atomic E-state index is 12.2. The van der Waals surface area contributed by atoms with Gasteiger partial charge in [0.1, 0.15) is 6.04 Å². The Bertz CT molecular complexity index is 525. The van der Waals surface area contributed by atoms with Crippen molar-refractivity contribution in [3.8, 4) is 0 Å². The van der Waals surface area contributed by atoms with Gasteiger partial charge < -0.3 is 5.32 Å². The molecule has 2 fully saturated rings. The highest BCUT2D eigenvalue weighted by Crippen LogP contribution is 2.46. The highest BCUT2D eigenvalue weighted by atomic mass is 79.9. The molecule has 3 aliphatic rings. The number of rotatable bonds is 4. The van der Waals surface area contributed by atoms with Crippen LogP contribution < -0.4 is 10.6 Å². The molecule has 1 aromatic rings. The molecule has 100 valence electrons. The summed E-state index contributed by atoms with van der Waals surface area (Å²) >= 11 is 3.45. The van der Waals surface area contributed by atoms with Crippen molar-refractivity contribution in [3.63, 3.8) is 0 Å². The van der Waals surface area contributed by atoms with Gasteiger partial charge in [0, 0.05) is 21.8 Å². The molecule has 19 heavy (non-hydrogen) atoms. The number of amides is 1. The number of hydrogen-bond acceptors (Lipinski definition) is 2. The Hall–Kier alpha value is -0.870. The Morgan fingerprint density at radius 1 is 1.21 bits per heavy atom. The van der Waals surface area contributed by atoms with Gasteiger partial charge >= 0.3 is 0 Å². The van der Waals surface area contributed by atoms with Gasteiger partial charge in [-0.1, -0.05) is 22.0 Å². The largest absolute Gasteiger partial charge is 0.324 e. The molecule has 1 heterocycles. The molecule has 1 amide bonds. The Balaban J connectivity index is 1.59. The SMILES string of the molecule is O=C1Nc2cc(Br)ccc2C1NC(C1CC1)C1CC1. The summed E-state index contributed by atoms with van der Waals surface area (Å²) in [6, 6.07) is 6.43. The van der Waals surface area contributed by atoms with E-state index in [9.17, 15) is 4.79 Å². The molecule has 0 radical (unpaired) electrons. The fourth-order valence-electron chi connectivity index (χ4n) is 3.16. The first-order valence-corrected chi connectivity index (χ1v) is 7.88. The summed E-state index contributed by atoms with van der Waals surface area (Å²) in [5, 5.41) is 6.62. The van der Waals surface area contributed by atoms with E-state index >= 15 is 0 Å². The number of carbonyl (C=O) groups is 1. The van der Waals surface area contributed by atoms with Crippen LogP contribution in [0.25, 0.3) is 0 Å². The van der Waals surface area contributed by atoms with Gasteiger partial charge in [0.25, 0.3) is 0 Å². The quantitative estimate of drug-likeness (QED) is 0.894. The van der Waals surface area contributed by atoms with E-state index in [1.165, 1.54) is 25.7 Å². The van der Waals surface area contributed by atoms with Crippen LogP contribution in [0.2, 0.25) is 0 Å². The van der Waals surface area contributed by atoms with E-state index in [1.54, 1.807) is 0 Å². The van der Waals surface area contributed by atoms with E-state index in [1.807, 2.05) is 18.2 Å². The number of benzene rings is 1. The van der Waals surface area contributed by atoms with Crippen LogP contribution in [0.15, 0.2) is 22.7 Å². The van der Waals surface area contributed by atoms with Crippen LogP contribution in [0.1, 0.15) is 37.3 Å². The molecule has 0 saturated heterocycles. The van der Waals surface area contributed by atoms with Crippen molar-refractivity contribution in [1.82, 2.24) is 5.32 Å². The van der Waals surface area contributed by atoms with E-state index in [0.29, 0.717) is 6.04 Å².